The summed E-state index contributed by atoms with van der Waals surface area (Å²) in [6.07, 6.45) is 0. The zero-order chi connectivity index (χ0) is 40.1. The number of fused-ring (bicyclic) bond motifs is 13. The topological polar surface area (TPSA) is 30.7 Å². The lowest BCUT2D eigenvalue weighted by Gasteiger charge is -2.40. The van der Waals surface area contributed by atoms with Gasteiger partial charge in [0.1, 0.15) is 5.82 Å². The lowest BCUT2D eigenvalue weighted by Crippen LogP contribution is -2.32. The van der Waals surface area contributed by atoms with Gasteiger partial charge >= 0.3 is 0 Å². The van der Waals surface area contributed by atoms with Gasteiger partial charge < -0.3 is 0 Å². The molecule has 1 aliphatic heterocycles. The highest BCUT2D eigenvalue weighted by atomic mass is 32.2. The van der Waals surface area contributed by atoms with Crippen molar-refractivity contribution in [3.8, 4) is 50.6 Å². The van der Waals surface area contributed by atoms with E-state index in [1.807, 2.05) is 11.8 Å². The molecular formula is C57H35N3S. The van der Waals surface area contributed by atoms with E-state index < -0.39 is 5.41 Å². The van der Waals surface area contributed by atoms with Gasteiger partial charge in [0.15, 0.2) is 0 Å². The zero-order valence-electron chi connectivity index (χ0n) is 33.0. The van der Waals surface area contributed by atoms with Gasteiger partial charge in [-0.25, -0.2) is 9.97 Å². The van der Waals surface area contributed by atoms with Crippen LogP contribution in [-0.4, -0.2) is 14.5 Å². The molecule has 0 saturated heterocycles. The van der Waals surface area contributed by atoms with Gasteiger partial charge in [0, 0.05) is 37.4 Å². The molecule has 1 spiro atoms. The number of para-hydroxylation sites is 3. The van der Waals surface area contributed by atoms with Crippen LogP contribution >= 0.6 is 11.8 Å². The number of hydrogen-bond acceptors (Lipinski definition) is 3. The molecule has 1 aliphatic carbocycles. The quantitative estimate of drug-likeness (QED) is 0.166. The minimum absolute atomic E-state index is 0.455. The summed E-state index contributed by atoms with van der Waals surface area (Å²) >= 11 is 1.88. The first-order valence-electron chi connectivity index (χ1n) is 20.8. The third-order valence-corrected chi connectivity index (χ3v) is 14.0. The predicted octanol–water partition coefficient (Wildman–Crippen LogP) is 14.6. The molecule has 11 aromatic rings. The number of rotatable bonds is 4. The van der Waals surface area contributed by atoms with E-state index in [4.69, 9.17) is 9.97 Å². The van der Waals surface area contributed by atoms with Gasteiger partial charge in [-0.15, -0.1) is 0 Å². The first kappa shape index (κ1) is 34.3. The normalized spacial score (nSPS) is 13.3. The fraction of sp³-hybridized carbons (Fsp3) is 0.0175. The molecule has 9 aromatic carbocycles. The second-order valence-corrected chi connectivity index (χ2v) is 17.1. The standard InChI is InChI=1S/C57H35N3S/c1-3-15-37(16-4-1)55-45-35-54-49(57(48-23-11-14-26-53(48)61-54)46-21-9-7-19-41(46)42-20-8-10-22-47(42)57)34-44(45)43-32-31-39(33-51(43)58-55)36-27-29-38(30-28-36)56-59-50-24-12-13-25-52(50)60(56)40-17-5-2-6-18-40/h1-35H. The second-order valence-electron chi connectivity index (χ2n) is 16.1. The number of nitrogens with zero attached hydrogens (tertiary/aromatic N) is 3. The van der Waals surface area contributed by atoms with Crippen molar-refractivity contribution in [1.82, 2.24) is 14.5 Å². The Bertz CT molecular complexity index is 3510. The Morgan fingerprint density at radius 3 is 1.77 bits per heavy atom. The molecule has 0 N–H and O–H groups in total. The Morgan fingerprint density at radius 2 is 1.00 bits per heavy atom. The van der Waals surface area contributed by atoms with Gasteiger partial charge in [-0.3, -0.25) is 4.57 Å². The minimum atomic E-state index is -0.455. The number of aromatic nitrogens is 3. The zero-order valence-corrected chi connectivity index (χ0v) is 33.8. The smallest absolute Gasteiger partial charge is 0.145 e. The van der Waals surface area contributed by atoms with E-state index in [0.717, 1.165) is 66.8 Å². The average Bonchev–Trinajstić information content (AvgIpc) is 3.86. The van der Waals surface area contributed by atoms with E-state index >= 15 is 0 Å². The summed E-state index contributed by atoms with van der Waals surface area (Å²) in [4.78, 5) is 13.2. The molecule has 0 fully saturated rings. The van der Waals surface area contributed by atoms with E-state index in [9.17, 15) is 0 Å². The molecule has 13 rings (SSSR count). The van der Waals surface area contributed by atoms with Crippen molar-refractivity contribution in [3.63, 3.8) is 0 Å². The van der Waals surface area contributed by atoms with Crippen LogP contribution in [0.25, 0.3) is 83.3 Å². The van der Waals surface area contributed by atoms with Gasteiger partial charge in [0.05, 0.1) is 27.7 Å². The third-order valence-electron chi connectivity index (χ3n) is 12.9. The summed E-state index contributed by atoms with van der Waals surface area (Å²) in [6.45, 7) is 0. The molecule has 284 valence electrons. The van der Waals surface area contributed by atoms with Crippen molar-refractivity contribution >= 4 is 44.5 Å². The van der Waals surface area contributed by atoms with Crippen LogP contribution in [0.5, 0.6) is 0 Å². The first-order valence-corrected chi connectivity index (χ1v) is 21.6. The van der Waals surface area contributed by atoms with Crippen LogP contribution in [0, 0.1) is 0 Å². The summed E-state index contributed by atoms with van der Waals surface area (Å²) in [5.41, 5.74) is 17.1. The fourth-order valence-electron chi connectivity index (χ4n) is 10.2. The van der Waals surface area contributed by atoms with Gasteiger partial charge in [-0.05, 0) is 98.4 Å². The number of pyridine rings is 1. The van der Waals surface area contributed by atoms with Gasteiger partial charge in [0.25, 0.3) is 0 Å². The highest BCUT2D eigenvalue weighted by Gasteiger charge is 2.50. The molecular weight excluding hydrogens is 759 g/mol. The lowest BCUT2D eigenvalue weighted by atomic mass is 9.67. The van der Waals surface area contributed by atoms with Crippen molar-refractivity contribution in [2.24, 2.45) is 0 Å². The van der Waals surface area contributed by atoms with Crippen LogP contribution in [0.4, 0.5) is 0 Å². The number of benzene rings is 9. The Hall–Kier alpha value is -7.53. The Balaban J connectivity index is 1.01. The van der Waals surface area contributed by atoms with Gasteiger partial charge in [-0.1, -0.05) is 176 Å². The van der Waals surface area contributed by atoms with E-state index in [1.165, 1.54) is 48.6 Å². The molecule has 3 nitrogen and oxygen atoms in total. The molecule has 2 aliphatic rings. The molecule has 0 radical (unpaired) electrons. The summed E-state index contributed by atoms with van der Waals surface area (Å²) in [7, 11) is 0. The minimum Gasteiger partial charge on any atom is -0.292 e. The molecule has 2 aromatic heterocycles. The largest absolute Gasteiger partial charge is 0.292 e. The highest BCUT2D eigenvalue weighted by molar-refractivity contribution is 7.99. The average molecular weight is 794 g/mol. The van der Waals surface area contributed by atoms with Crippen LogP contribution in [-0.2, 0) is 5.41 Å². The van der Waals surface area contributed by atoms with Crippen molar-refractivity contribution in [2.75, 3.05) is 0 Å². The lowest BCUT2D eigenvalue weighted by molar-refractivity contribution is 0.724. The van der Waals surface area contributed by atoms with Crippen molar-refractivity contribution < 1.29 is 0 Å². The Labute approximate surface area is 357 Å². The van der Waals surface area contributed by atoms with E-state index in [1.54, 1.807) is 0 Å². The van der Waals surface area contributed by atoms with E-state index in [2.05, 4.69) is 217 Å². The maximum Gasteiger partial charge on any atom is 0.145 e. The molecule has 0 amide bonds. The van der Waals surface area contributed by atoms with E-state index in [0.29, 0.717) is 0 Å². The maximum absolute atomic E-state index is 5.53. The Morgan fingerprint density at radius 1 is 0.377 bits per heavy atom. The summed E-state index contributed by atoms with van der Waals surface area (Å²) < 4.78 is 2.25. The molecule has 0 bridgehead atoms. The predicted molar refractivity (Wildman–Crippen MR) is 252 cm³/mol. The summed E-state index contributed by atoms with van der Waals surface area (Å²) in [5.74, 6) is 0.924. The highest BCUT2D eigenvalue weighted by Crippen LogP contribution is 2.62. The number of imidazole rings is 1. The SMILES string of the molecule is c1ccc(-c2nc3cc(-c4ccc(-c5nc6ccccc6n5-c5ccccc5)cc4)ccc3c3cc4c(cc23)Sc2ccccc2C42c3ccccc3-c3ccccc32)cc1. The Kier molecular flexibility index (Phi) is 7.45. The molecule has 0 unspecified atom stereocenters. The first-order chi connectivity index (χ1) is 30.2. The molecule has 0 atom stereocenters. The second kappa shape index (κ2) is 13.2. The van der Waals surface area contributed by atoms with Crippen LogP contribution < -0.4 is 0 Å². The summed E-state index contributed by atoms with van der Waals surface area (Å²) in [5, 5.41) is 3.52. The molecule has 4 heteroatoms. The molecule has 3 heterocycles. The third kappa shape index (κ3) is 5.00. The van der Waals surface area contributed by atoms with Crippen molar-refractivity contribution in [3.05, 3.63) is 235 Å². The molecule has 61 heavy (non-hydrogen) atoms. The fourth-order valence-corrected chi connectivity index (χ4v) is 11.4. The van der Waals surface area contributed by atoms with E-state index in [-0.39, 0.29) is 0 Å². The van der Waals surface area contributed by atoms with Crippen LogP contribution in [0.2, 0.25) is 0 Å². The van der Waals surface area contributed by atoms with Crippen molar-refractivity contribution in [1.29, 1.82) is 0 Å². The molecule has 0 saturated carbocycles. The van der Waals surface area contributed by atoms with Crippen molar-refractivity contribution in [2.45, 2.75) is 15.2 Å². The monoisotopic (exact) mass is 793 g/mol. The van der Waals surface area contributed by atoms with Crippen LogP contribution in [0.1, 0.15) is 22.3 Å². The maximum atomic E-state index is 5.53. The van der Waals surface area contributed by atoms with Crippen LogP contribution in [0.3, 0.4) is 0 Å². The summed E-state index contributed by atoms with van der Waals surface area (Å²) in [6, 6.07) is 77.2. The van der Waals surface area contributed by atoms with Gasteiger partial charge in [-0.2, -0.15) is 0 Å². The number of hydrogen-bond donors (Lipinski definition) is 0. The van der Waals surface area contributed by atoms with Crippen LogP contribution in [0.15, 0.2) is 222 Å². The van der Waals surface area contributed by atoms with Gasteiger partial charge in [0.2, 0.25) is 0 Å².